The molecule has 3 aromatic rings. The average Bonchev–Trinajstić information content (AvgIpc) is 3.15. The van der Waals surface area contributed by atoms with Crippen LogP contribution >= 0.6 is 34.2 Å². The lowest BCUT2D eigenvalue weighted by molar-refractivity contribution is -0.129. The van der Waals surface area contributed by atoms with E-state index in [1.807, 2.05) is 24.3 Å². The lowest BCUT2D eigenvalue weighted by atomic mass is 10.1. The normalized spacial score (nSPS) is 14.2. The molecule has 4 rings (SSSR count). The number of esters is 2. The number of carbonyl (C=O) groups excluding carboxylic acids is 2. The molecule has 0 bridgehead atoms. The van der Waals surface area contributed by atoms with Gasteiger partial charge in [-0.3, -0.25) is 0 Å². The third kappa shape index (κ3) is 4.84. The summed E-state index contributed by atoms with van der Waals surface area (Å²) in [5.74, 6) is -0.377. The number of hydrogen-bond donors (Lipinski definition) is 0. The number of aliphatic imine (C=N–C) groups is 1. The van der Waals surface area contributed by atoms with E-state index >= 15 is 0 Å². The number of carbonyl (C=O) groups is 2. The first-order valence-corrected chi connectivity index (χ1v) is 10.8. The number of nitrogens with zero attached hydrogens (tertiary/aromatic N) is 1. The SMILES string of the molecule is COc1cc(/C=C2\N=C(c3ccc(I)cc3)OC2=O)ccc1OC(=O)c1ccccc1Cl. The Labute approximate surface area is 202 Å². The van der Waals surface area contributed by atoms with E-state index in [0.29, 0.717) is 21.9 Å². The van der Waals surface area contributed by atoms with Gasteiger partial charge >= 0.3 is 11.9 Å². The maximum absolute atomic E-state index is 12.4. The zero-order valence-corrected chi connectivity index (χ0v) is 19.6. The van der Waals surface area contributed by atoms with Gasteiger partial charge in [-0.25, -0.2) is 14.6 Å². The highest BCUT2D eigenvalue weighted by atomic mass is 127. The second-order valence-corrected chi connectivity index (χ2v) is 8.28. The summed E-state index contributed by atoms with van der Waals surface area (Å²) in [5, 5.41) is 0.291. The van der Waals surface area contributed by atoms with E-state index in [1.54, 1.807) is 48.5 Å². The van der Waals surface area contributed by atoms with Gasteiger partial charge in [0.1, 0.15) is 0 Å². The lowest BCUT2D eigenvalue weighted by Gasteiger charge is -2.10. The molecule has 0 aliphatic carbocycles. The van der Waals surface area contributed by atoms with Gasteiger partial charge in [-0.05, 0) is 82.8 Å². The van der Waals surface area contributed by atoms with Gasteiger partial charge in [-0.15, -0.1) is 0 Å². The Hall–Kier alpha value is -3.17. The van der Waals surface area contributed by atoms with Crippen molar-refractivity contribution < 1.29 is 23.8 Å². The summed E-state index contributed by atoms with van der Waals surface area (Å²) in [6, 6.07) is 19.0. The van der Waals surface area contributed by atoms with Crippen LogP contribution in [0.4, 0.5) is 0 Å². The van der Waals surface area contributed by atoms with E-state index in [-0.39, 0.29) is 22.9 Å². The van der Waals surface area contributed by atoms with E-state index in [4.69, 9.17) is 25.8 Å². The summed E-state index contributed by atoms with van der Waals surface area (Å²) in [4.78, 5) is 29.0. The second-order valence-electron chi connectivity index (χ2n) is 6.62. The average molecular weight is 560 g/mol. The zero-order valence-electron chi connectivity index (χ0n) is 16.7. The Morgan fingerprint density at radius 1 is 1.06 bits per heavy atom. The molecule has 1 aliphatic heterocycles. The maximum atomic E-state index is 12.4. The van der Waals surface area contributed by atoms with E-state index in [0.717, 1.165) is 3.57 Å². The number of halogens is 2. The van der Waals surface area contributed by atoms with Crippen molar-refractivity contribution in [2.45, 2.75) is 0 Å². The van der Waals surface area contributed by atoms with Crippen molar-refractivity contribution in [3.63, 3.8) is 0 Å². The van der Waals surface area contributed by atoms with Crippen LogP contribution in [0.3, 0.4) is 0 Å². The number of ether oxygens (including phenoxy) is 3. The number of hydrogen-bond acceptors (Lipinski definition) is 6. The molecular weight excluding hydrogens is 545 g/mol. The van der Waals surface area contributed by atoms with E-state index in [9.17, 15) is 9.59 Å². The fourth-order valence-electron chi connectivity index (χ4n) is 2.92. The Bertz CT molecular complexity index is 1270. The molecule has 3 aromatic carbocycles. The summed E-state index contributed by atoms with van der Waals surface area (Å²) >= 11 is 8.26. The van der Waals surface area contributed by atoms with E-state index < -0.39 is 11.9 Å². The zero-order chi connectivity index (χ0) is 22.7. The van der Waals surface area contributed by atoms with Crippen molar-refractivity contribution in [1.82, 2.24) is 0 Å². The highest BCUT2D eigenvalue weighted by Crippen LogP contribution is 2.31. The third-order valence-corrected chi connectivity index (χ3v) is 5.55. The van der Waals surface area contributed by atoms with Gasteiger partial charge in [0.05, 0.1) is 17.7 Å². The quantitative estimate of drug-likeness (QED) is 0.178. The monoisotopic (exact) mass is 559 g/mol. The fourth-order valence-corrected chi connectivity index (χ4v) is 3.50. The summed E-state index contributed by atoms with van der Waals surface area (Å²) in [7, 11) is 1.45. The van der Waals surface area contributed by atoms with Crippen LogP contribution in [0, 0.1) is 3.57 Å². The predicted octanol–water partition coefficient (Wildman–Crippen LogP) is 5.52. The highest BCUT2D eigenvalue weighted by Gasteiger charge is 2.24. The van der Waals surface area contributed by atoms with Crippen molar-refractivity contribution in [3.8, 4) is 11.5 Å². The van der Waals surface area contributed by atoms with Crippen LogP contribution in [0.5, 0.6) is 11.5 Å². The molecule has 1 heterocycles. The first kappa shape index (κ1) is 22.0. The molecule has 0 saturated carbocycles. The van der Waals surface area contributed by atoms with E-state index in [1.165, 1.54) is 7.11 Å². The Morgan fingerprint density at radius 2 is 1.81 bits per heavy atom. The number of rotatable bonds is 5. The molecule has 0 amide bonds. The first-order chi connectivity index (χ1) is 15.4. The molecule has 0 fully saturated rings. The van der Waals surface area contributed by atoms with Gasteiger partial charge in [0, 0.05) is 9.13 Å². The van der Waals surface area contributed by atoms with Crippen LogP contribution < -0.4 is 9.47 Å². The van der Waals surface area contributed by atoms with Gasteiger partial charge in [-0.1, -0.05) is 29.8 Å². The molecule has 1 aliphatic rings. The lowest BCUT2D eigenvalue weighted by Crippen LogP contribution is -2.09. The minimum atomic E-state index is -0.605. The molecule has 160 valence electrons. The molecule has 0 unspecified atom stereocenters. The van der Waals surface area contributed by atoms with Crippen molar-refractivity contribution >= 4 is 58.1 Å². The maximum Gasteiger partial charge on any atom is 0.363 e. The fraction of sp³-hybridized carbons (Fsp3) is 0.0417. The molecule has 0 radical (unpaired) electrons. The Kier molecular flexibility index (Phi) is 6.57. The van der Waals surface area contributed by atoms with Crippen LogP contribution in [0.2, 0.25) is 5.02 Å². The predicted molar refractivity (Wildman–Crippen MR) is 129 cm³/mol. The first-order valence-electron chi connectivity index (χ1n) is 9.38. The minimum Gasteiger partial charge on any atom is -0.493 e. The van der Waals surface area contributed by atoms with Crippen LogP contribution in [-0.2, 0) is 9.53 Å². The molecular formula is C24H15ClINO5. The molecule has 0 N–H and O–H groups in total. The van der Waals surface area contributed by atoms with E-state index in [2.05, 4.69) is 27.6 Å². The van der Waals surface area contributed by atoms with Crippen molar-refractivity contribution in [3.05, 3.63) is 97.7 Å². The van der Waals surface area contributed by atoms with Gasteiger partial charge in [-0.2, -0.15) is 0 Å². The molecule has 0 spiro atoms. The topological polar surface area (TPSA) is 74.2 Å². The van der Waals surface area contributed by atoms with Crippen LogP contribution in [0.15, 0.2) is 77.4 Å². The molecule has 6 nitrogen and oxygen atoms in total. The molecule has 8 heteroatoms. The summed E-state index contributed by atoms with van der Waals surface area (Å²) < 4.78 is 17.2. The molecule has 32 heavy (non-hydrogen) atoms. The standard InChI is InChI=1S/C24H15ClINO5/c1-30-21-13-14(6-11-20(21)31-23(28)17-4-2-3-5-18(17)25)12-19-24(29)32-22(27-19)15-7-9-16(26)10-8-15/h2-13H,1H3/b19-12-. The summed E-state index contributed by atoms with van der Waals surface area (Å²) in [6.07, 6.45) is 1.57. The minimum absolute atomic E-state index is 0.154. The molecule has 0 aromatic heterocycles. The number of methoxy groups -OCH3 is 1. The highest BCUT2D eigenvalue weighted by molar-refractivity contribution is 14.1. The summed E-state index contributed by atoms with van der Waals surface area (Å²) in [6.45, 7) is 0. The number of benzene rings is 3. The van der Waals surface area contributed by atoms with Gasteiger partial charge in [0.25, 0.3) is 0 Å². The molecule has 0 atom stereocenters. The Morgan fingerprint density at radius 3 is 2.53 bits per heavy atom. The Balaban J connectivity index is 1.58. The number of cyclic esters (lactones) is 1. The largest absolute Gasteiger partial charge is 0.493 e. The molecule has 0 saturated heterocycles. The van der Waals surface area contributed by atoms with Gasteiger partial charge < -0.3 is 14.2 Å². The van der Waals surface area contributed by atoms with Crippen LogP contribution in [-0.4, -0.2) is 24.9 Å². The van der Waals surface area contributed by atoms with Gasteiger partial charge in [0.2, 0.25) is 5.90 Å². The van der Waals surface area contributed by atoms with Crippen molar-refractivity contribution in [2.75, 3.05) is 7.11 Å². The van der Waals surface area contributed by atoms with Crippen LogP contribution in [0.1, 0.15) is 21.5 Å². The van der Waals surface area contributed by atoms with Gasteiger partial charge in [0.15, 0.2) is 17.2 Å². The third-order valence-electron chi connectivity index (χ3n) is 4.50. The van der Waals surface area contributed by atoms with Crippen LogP contribution in [0.25, 0.3) is 6.08 Å². The smallest absolute Gasteiger partial charge is 0.363 e. The van der Waals surface area contributed by atoms with Crippen molar-refractivity contribution in [1.29, 1.82) is 0 Å². The second kappa shape index (κ2) is 9.54. The van der Waals surface area contributed by atoms with Crippen molar-refractivity contribution in [2.24, 2.45) is 4.99 Å². The summed E-state index contributed by atoms with van der Waals surface area (Å²) in [5.41, 5.74) is 1.73.